The molecule has 0 bridgehead atoms. The van der Waals surface area contributed by atoms with Crippen LogP contribution >= 0.6 is 0 Å². The van der Waals surface area contributed by atoms with Crippen molar-refractivity contribution in [3.8, 4) is 17.2 Å². The third kappa shape index (κ3) is 4.66. The van der Waals surface area contributed by atoms with Gasteiger partial charge in [-0.2, -0.15) is 10.2 Å². The Morgan fingerprint density at radius 1 is 1.17 bits per heavy atom. The van der Waals surface area contributed by atoms with E-state index in [9.17, 15) is 14.1 Å². The Morgan fingerprint density at radius 2 is 1.97 bits per heavy atom. The molecule has 13 heteroatoms. The van der Waals surface area contributed by atoms with Gasteiger partial charge in [0.15, 0.2) is 5.82 Å². The van der Waals surface area contributed by atoms with Crippen molar-refractivity contribution in [2.75, 3.05) is 19.0 Å². The number of nitrogens with zero attached hydrogens (tertiary/aromatic N) is 8. The number of methoxy groups -OCH3 is 1. The van der Waals surface area contributed by atoms with Crippen LogP contribution in [0.4, 0.5) is 16.0 Å². The summed E-state index contributed by atoms with van der Waals surface area (Å²) < 4.78 is 21.7. The first kappa shape index (κ1) is 23.8. The van der Waals surface area contributed by atoms with Crippen molar-refractivity contribution >= 4 is 17.5 Å². The fourth-order valence-electron chi connectivity index (χ4n) is 3.68. The number of nitroso groups, excluding NO2 is 1. The minimum atomic E-state index is -0.891. The van der Waals surface area contributed by atoms with E-state index in [1.807, 2.05) is 6.92 Å². The molecule has 0 atom stereocenters. The van der Waals surface area contributed by atoms with Crippen LogP contribution in [-0.4, -0.2) is 54.1 Å². The summed E-state index contributed by atoms with van der Waals surface area (Å²) in [5, 5.41) is 14.7. The van der Waals surface area contributed by atoms with E-state index in [2.05, 4.69) is 35.6 Å². The highest BCUT2D eigenvalue weighted by Gasteiger charge is 2.22. The van der Waals surface area contributed by atoms with Crippen molar-refractivity contribution in [2.24, 2.45) is 5.18 Å². The normalized spacial score (nSPS) is 11.0. The Balaban J connectivity index is 1.72. The number of halogens is 1. The van der Waals surface area contributed by atoms with Crippen LogP contribution in [0, 0.1) is 31.5 Å². The largest absolute Gasteiger partial charge is 0.383 e. The summed E-state index contributed by atoms with van der Waals surface area (Å²) in [6.07, 6.45) is 2.49. The summed E-state index contributed by atoms with van der Waals surface area (Å²) >= 11 is 0. The van der Waals surface area contributed by atoms with E-state index in [1.165, 1.54) is 17.1 Å². The molecule has 1 N–H and O–H groups in total. The second kappa shape index (κ2) is 9.85. The number of pyridine rings is 1. The average molecular weight is 479 g/mol. The molecule has 1 amide bonds. The number of anilines is 2. The zero-order valence-electron chi connectivity index (χ0n) is 19.5. The molecule has 35 heavy (non-hydrogen) atoms. The monoisotopic (exact) mass is 479 g/mol. The molecule has 0 radical (unpaired) electrons. The minimum absolute atomic E-state index is 0.137. The zero-order chi connectivity index (χ0) is 25.1. The van der Waals surface area contributed by atoms with Gasteiger partial charge in [-0.3, -0.25) is 9.78 Å². The van der Waals surface area contributed by atoms with Gasteiger partial charge in [0.25, 0.3) is 0 Å². The standard InChI is InChI=1S/C22H22FN9O3/c1-12-20(16-6-5-15(23)10-24-16)29-31(7-8-35-4)21(12)27-17-9-18(26-11-25-17)32-14(3)19(13(2)28-32)22(33)30-34/h5-6,9-11H,7-8H2,1-4H3,(H,25,26,27). The Hall–Kier alpha value is -4.39. The van der Waals surface area contributed by atoms with Crippen molar-refractivity contribution in [3.63, 3.8) is 0 Å². The smallest absolute Gasteiger partial charge is 0.320 e. The van der Waals surface area contributed by atoms with Gasteiger partial charge in [0.2, 0.25) is 0 Å². The van der Waals surface area contributed by atoms with Gasteiger partial charge in [0.1, 0.15) is 29.5 Å². The fourth-order valence-corrected chi connectivity index (χ4v) is 3.68. The molecular weight excluding hydrogens is 457 g/mol. The van der Waals surface area contributed by atoms with Gasteiger partial charge < -0.3 is 10.1 Å². The first-order chi connectivity index (χ1) is 16.8. The summed E-state index contributed by atoms with van der Waals surface area (Å²) in [6, 6.07) is 4.53. The van der Waals surface area contributed by atoms with E-state index in [4.69, 9.17) is 4.74 Å². The second-order valence-electron chi connectivity index (χ2n) is 7.64. The Bertz CT molecular complexity index is 1400. The van der Waals surface area contributed by atoms with Crippen molar-refractivity contribution in [2.45, 2.75) is 27.3 Å². The number of aryl methyl sites for hydroxylation is 1. The van der Waals surface area contributed by atoms with Crippen LogP contribution in [0.2, 0.25) is 0 Å². The van der Waals surface area contributed by atoms with E-state index >= 15 is 0 Å². The molecule has 0 saturated heterocycles. The van der Waals surface area contributed by atoms with Crippen molar-refractivity contribution in [1.29, 1.82) is 0 Å². The SMILES string of the molecule is COCCn1nc(-c2ccc(F)cn2)c(C)c1Nc1cc(-n2nc(C)c(C(=O)N=O)c2C)ncn1. The van der Waals surface area contributed by atoms with Gasteiger partial charge in [-0.1, -0.05) is 0 Å². The number of aromatic nitrogens is 7. The van der Waals surface area contributed by atoms with Crippen LogP contribution in [0.15, 0.2) is 35.9 Å². The Kier molecular flexibility index (Phi) is 6.68. The van der Waals surface area contributed by atoms with Gasteiger partial charge in [-0.15, -0.1) is 4.91 Å². The molecule has 4 aromatic rings. The van der Waals surface area contributed by atoms with E-state index in [0.29, 0.717) is 53.4 Å². The molecule has 12 nitrogen and oxygen atoms in total. The van der Waals surface area contributed by atoms with E-state index in [-0.39, 0.29) is 5.56 Å². The van der Waals surface area contributed by atoms with Crippen molar-refractivity contribution in [3.05, 3.63) is 64.0 Å². The molecule has 0 aromatic carbocycles. The predicted molar refractivity (Wildman–Crippen MR) is 124 cm³/mol. The summed E-state index contributed by atoms with van der Waals surface area (Å²) in [5.41, 5.74) is 2.82. The van der Waals surface area contributed by atoms with Crippen LogP contribution < -0.4 is 5.32 Å². The highest BCUT2D eigenvalue weighted by molar-refractivity contribution is 5.97. The third-order valence-corrected chi connectivity index (χ3v) is 5.37. The molecule has 0 spiro atoms. The predicted octanol–water partition coefficient (Wildman–Crippen LogP) is 3.28. The number of carbonyl (C=O) groups is 1. The van der Waals surface area contributed by atoms with Crippen LogP contribution in [0.1, 0.15) is 27.3 Å². The molecule has 0 aliphatic carbocycles. The van der Waals surface area contributed by atoms with E-state index in [0.717, 1.165) is 11.8 Å². The van der Waals surface area contributed by atoms with Gasteiger partial charge in [0.05, 0.1) is 42.0 Å². The van der Waals surface area contributed by atoms with Crippen LogP contribution in [0.3, 0.4) is 0 Å². The van der Waals surface area contributed by atoms with Gasteiger partial charge in [0, 0.05) is 23.9 Å². The molecule has 4 aromatic heterocycles. The van der Waals surface area contributed by atoms with Gasteiger partial charge >= 0.3 is 5.91 Å². The molecule has 0 aliphatic heterocycles. The molecule has 0 saturated carbocycles. The first-order valence-electron chi connectivity index (χ1n) is 10.6. The number of rotatable bonds is 8. The molecule has 0 aliphatic rings. The minimum Gasteiger partial charge on any atom is -0.383 e. The second-order valence-corrected chi connectivity index (χ2v) is 7.64. The number of carbonyl (C=O) groups excluding carboxylic acids is 1. The van der Waals surface area contributed by atoms with Gasteiger partial charge in [-0.25, -0.2) is 23.7 Å². The van der Waals surface area contributed by atoms with E-state index < -0.39 is 11.7 Å². The lowest BCUT2D eigenvalue weighted by Gasteiger charge is -2.11. The first-order valence-corrected chi connectivity index (χ1v) is 10.6. The van der Waals surface area contributed by atoms with Crippen molar-refractivity contribution in [1.82, 2.24) is 34.5 Å². The summed E-state index contributed by atoms with van der Waals surface area (Å²) in [7, 11) is 1.59. The van der Waals surface area contributed by atoms with Crippen molar-refractivity contribution < 1.29 is 13.9 Å². The third-order valence-electron chi connectivity index (χ3n) is 5.37. The quantitative estimate of drug-likeness (QED) is 0.377. The summed E-state index contributed by atoms with van der Waals surface area (Å²) in [6.45, 7) is 5.99. The van der Waals surface area contributed by atoms with Crippen LogP contribution in [-0.2, 0) is 11.3 Å². The summed E-state index contributed by atoms with van der Waals surface area (Å²) in [4.78, 5) is 35.3. The Labute approximate surface area is 199 Å². The number of hydrogen-bond acceptors (Lipinski definition) is 9. The highest BCUT2D eigenvalue weighted by Crippen LogP contribution is 2.29. The maximum atomic E-state index is 13.4. The lowest BCUT2D eigenvalue weighted by molar-refractivity contribution is 0.0999. The average Bonchev–Trinajstić information content (AvgIpc) is 3.33. The topological polar surface area (TPSA) is 142 Å². The lowest BCUT2D eigenvalue weighted by Crippen LogP contribution is -2.11. The number of amides is 1. The summed E-state index contributed by atoms with van der Waals surface area (Å²) in [5.74, 6) is 0.133. The maximum Gasteiger partial charge on any atom is 0.320 e. The fraction of sp³-hybridized carbons (Fsp3) is 0.273. The Morgan fingerprint density at radius 3 is 2.66 bits per heavy atom. The molecule has 4 rings (SSSR count). The van der Waals surface area contributed by atoms with Gasteiger partial charge in [-0.05, 0) is 32.9 Å². The molecule has 0 unspecified atom stereocenters. The molecule has 180 valence electrons. The van der Waals surface area contributed by atoms with Crippen LogP contribution in [0.5, 0.6) is 0 Å². The van der Waals surface area contributed by atoms with Crippen LogP contribution in [0.25, 0.3) is 17.2 Å². The lowest BCUT2D eigenvalue weighted by atomic mass is 10.2. The highest BCUT2D eigenvalue weighted by atomic mass is 19.1. The number of nitrogens with one attached hydrogen (secondary N) is 1. The van der Waals surface area contributed by atoms with E-state index in [1.54, 1.807) is 37.8 Å². The zero-order valence-corrected chi connectivity index (χ0v) is 19.5. The molecular formula is C22H22FN9O3. The molecule has 0 fully saturated rings. The molecule has 4 heterocycles. The number of ether oxygens (including phenoxy) is 1. The maximum absolute atomic E-state index is 13.4. The number of hydrogen-bond donors (Lipinski definition) is 1.